The largest absolute Gasteiger partial charge is 0.508 e. The highest BCUT2D eigenvalue weighted by atomic mass is 16.7. The SMILES string of the molecule is CCCOC(C)COC(=O)OCC(C)OC(C)C. The van der Waals surface area contributed by atoms with Gasteiger partial charge in [-0.05, 0) is 34.1 Å². The maximum absolute atomic E-state index is 11.3. The Hall–Kier alpha value is -0.810. The third-order valence-corrected chi connectivity index (χ3v) is 1.98. The fourth-order valence-corrected chi connectivity index (χ4v) is 1.28. The predicted octanol–water partition coefficient (Wildman–Crippen LogP) is 2.77. The average molecular weight is 262 g/mol. The van der Waals surface area contributed by atoms with Crippen LogP contribution in [-0.4, -0.2) is 44.3 Å². The van der Waals surface area contributed by atoms with Crippen LogP contribution in [0.5, 0.6) is 0 Å². The van der Waals surface area contributed by atoms with Crippen molar-refractivity contribution in [1.29, 1.82) is 0 Å². The summed E-state index contributed by atoms with van der Waals surface area (Å²) in [4.78, 5) is 11.3. The van der Waals surface area contributed by atoms with Crippen LogP contribution in [0.3, 0.4) is 0 Å². The highest BCUT2D eigenvalue weighted by Crippen LogP contribution is 2.00. The lowest BCUT2D eigenvalue weighted by Gasteiger charge is -2.16. The normalized spacial score (nSPS) is 14.3. The predicted molar refractivity (Wildman–Crippen MR) is 68.7 cm³/mol. The molecule has 18 heavy (non-hydrogen) atoms. The second-order valence-corrected chi connectivity index (χ2v) is 4.55. The van der Waals surface area contributed by atoms with Crippen molar-refractivity contribution in [3.8, 4) is 0 Å². The molecule has 0 aliphatic rings. The highest BCUT2D eigenvalue weighted by molar-refractivity contribution is 5.59. The van der Waals surface area contributed by atoms with Gasteiger partial charge in [0.05, 0.1) is 18.3 Å². The van der Waals surface area contributed by atoms with E-state index in [0.29, 0.717) is 6.61 Å². The van der Waals surface area contributed by atoms with E-state index in [0.717, 1.165) is 6.42 Å². The van der Waals surface area contributed by atoms with Crippen LogP contribution in [0.25, 0.3) is 0 Å². The van der Waals surface area contributed by atoms with Crippen molar-refractivity contribution in [2.24, 2.45) is 0 Å². The van der Waals surface area contributed by atoms with Crippen LogP contribution in [0.4, 0.5) is 4.79 Å². The number of ether oxygens (including phenoxy) is 4. The zero-order valence-electron chi connectivity index (χ0n) is 12.1. The Morgan fingerprint density at radius 3 is 2.06 bits per heavy atom. The molecule has 5 heteroatoms. The molecule has 5 nitrogen and oxygen atoms in total. The number of rotatable bonds is 9. The summed E-state index contributed by atoms with van der Waals surface area (Å²) in [6, 6.07) is 0. The van der Waals surface area contributed by atoms with Gasteiger partial charge in [-0.3, -0.25) is 0 Å². The standard InChI is InChI=1S/C13H26O5/c1-6-7-15-11(4)8-16-13(14)17-9-12(5)18-10(2)3/h10-12H,6-9H2,1-5H3. The van der Waals surface area contributed by atoms with Crippen molar-refractivity contribution >= 4 is 6.16 Å². The molecule has 0 aromatic carbocycles. The lowest BCUT2D eigenvalue weighted by atomic mass is 10.4. The van der Waals surface area contributed by atoms with E-state index in [-0.39, 0.29) is 31.5 Å². The maximum Gasteiger partial charge on any atom is 0.508 e. The molecule has 0 aliphatic heterocycles. The Labute approximate surface area is 110 Å². The van der Waals surface area contributed by atoms with Gasteiger partial charge in [-0.25, -0.2) is 4.79 Å². The lowest BCUT2D eigenvalue weighted by Crippen LogP contribution is -2.24. The van der Waals surface area contributed by atoms with Gasteiger partial charge < -0.3 is 18.9 Å². The minimum atomic E-state index is -0.679. The van der Waals surface area contributed by atoms with Crippen LogP contribution in [-0.2, 0) is 18.9 Å². The van der Waals surface area contributed by atoms with E-state index in [1.807, 2.05) is 34.6 Å². The molecule has 0 radical (unpaired) electrons. The summed E-state index contributed by atoms with van der Waals surface area (Å²) in [7, 11) is 0. The topological polar surface area (TPSA) is 54.0 Å². The van der Waals surface area contributed by atoms with Gasteiger partial charge in [0.2, 0.25) is 0 Å². The van der Waals surface area contributed by atoms with Gasteiger partial charge in [-0.15, -0.1) is 0 Å². The van der Waals surface area contributed by atoms with E-state index in [9.17, 15) is 4.79 Å². The van der Waals surface area contributed by atoms with Crippen LogP contribution >= 0.6 is 0 Å². The van der Waals surface area contributed by atoms with Crippen molar-refractivity contribution < 1.29 is 23.7 Å². The fraction of sp³-hybridized carbons (Fsp3) is 0.923. The second-order valence-electron chi connectivity index (χ2n) is 4.55. The Morgan fingerprint density at radius 1 is 1.00 bits per heavy atom. The molecule has 2 atom stereocenters. The maximum atomic E-state index is 11.3. The molecule has 108 valence electrons. The summed E-state index contributed by atoms with van der Waals surface area (Å²) in [5, 5.41) is 0. The number of hydrogen-bond donors (Lipinski definition) is 0. The van der Waals surface area contributed by atoms with Crippen molar-refractivity contribution in [3.63, 3.8) is 0 Å². The summed E-state index contributed by atoms with van der Waals surface area (Å²) < 4.78 is 20.6. The van der Waals surface area contributed by atoms with Crippen LogP contribution in [0.15, 0.2) is 0 Å². The van der Waals surface area contributed by atoms with Crippen LogP contribution in [0.1, 0.15) is 41.0 Å². The lowest BCUT2D eigenvalue weighted by molar-refractivity contribution is -0.0436. The number of carbonyl (C=O) groups is 1. The molecule has 0 fully saturated rings. The van der Waals surface area contributed by atoms with Gasteiger partial charge in [-0.2, -0.15) is 0 Å². The Bertz CT molecular complexity index is 217. The van der Waals surface area contributed by atoms with Gasteiger partial charge in [0, 0.05) is 6.61 Å². The third kappa shape index (κ3) is 10.4. The van der Waals surface area contributed by atoms with Gasteiger partial charge in [-0.1, -0.05) is 6.92 Å². The summed E-state index contributed by atoms with van der Waals surface area (Å²) in [5.41, 5.74) is 0. The Morgan fingerprint density at radius 2 is 1.56 bits per heavy atom. The van der Waals surface area contributed by atoms with Crippen LogP contribution in [0, 0.1) is 0 Å². The van der Waals surface area contributed by atoms with Crippen molar-refractivity contribution in [2.45, 2.75) is 59.4 Å². The molecular weight excluding hydrogens is 236 g/mol. The third-order valence-electron chi connectivity index (χ3n) is 1.98. The molecule has 0 heterocycles. The Balaban J connectivity index is 3.59. The summed E-state index contributed by atoms with van der Waals surface area (Å²) in [6.45, 7) is 10.7. The quantitative estimate of drug-likeness (QED) is 0.598. The van der Waals surface area contributed by atoms with Crippen LogP contribution in [0.2, 0.25) is 0 Å². The van der Waals surface area contributed by atoms with Gasteiger partial charge >= 0.3 is 6.16 Å². The van der Waals surface area contributed by atoms with Gasteiger partial charge in [0.1, 0.15) is 13.2 Å². The van der Waals surface area contributed by atoms with Gasteiger partial charge in [0.15, 0.2) is 0 Å². The second kappa shape index (κ2) is 10.1. The minimum Gasteiger partial charge on any atom is -0.432 e. The van der Waals surface area contributed by atoms with Crippen LogP contribution < -0.4 is 0 Å². The first-order chi connectivity index (χ1) is 8.45. The van der Waals surface area contributed by atoms with E-state index in [1.165, 1.54) is 0 Å². The molecule has 0 aromatic heterocycles. The molecule has 0 amide bonds. The highest BCUT2D eigenvalue weighted by Gasteiger charge is 2.11. The molecule has 0 bridgehead atoms. The van der Waals surface area contributed by atoms with E-state index in [4.69, 9.17) is 18.9 Å². The summed E-state index contributed by atoms with van der Waals surface area (Å²) in [6.07, 6.45) is 0.134. The first kappa shape index (κ1) is 17.2. The molecule has 0 aromatic rings. The summed E-state index contributed by atoms with van der Waals surface area (Å²) >= 11 is 0. The molecule has 2 unspecified atom stereocenters. The van der Waals surface area contributed by atoms with E-state index in [1.54, 1.807) is 0 Å². The molecular formula is C13H26O5. The van der Waals surface area contributed by atoms with Crippen molar-refractivity contribution in [3.05, 3.63) is 0 Å². The first-order valence-corrected chi connectivity index (χ1v) is 6.52. The smallest absolute Gasteiger partial charge is 0.432 e. The van der Waals surface area contributed by atoms with Crippen molar-refractivity contribution in [2.75, 3.05) is 19.8 Å². The van der Waals surface area contributed by atoms with Gasteiger partial charge in [0.25, 0.3) is 0 Å². The molecule has 0 N–H and O–H groups in total. The molecule has 0 aliphatic carbocycles. The van der Waals surface area contributed by atoms with E-state index in [2.05, 4.69) is 0 Å². The van der Waals surface area contributed by atoms with E-state index < -0.39 is 6.16 Å². The number of carbonyl (C=O) groups excluding carboxylic acids is 1. The number of hydrogen-bond acceptors (Lipinski definition) is 5. The summed E-state index contributed by atoms with van der Waals surface area (Å²) in [5.74, 6) is 0. The fourth-order valence-electron chi connectivity index (χ4n) is 1.28. The monoisotopic (exact) mass is 262 g/mol. The molecule has 0 rings (SSSR count). The molecule has 0 spiro atoms. The molecule has 0 saturated carbocycles. The zero-order valence-corrected chi connectivity index (χ0v) is 12.1. The Kier molecular flexibility index (Phi) is 9.69. The van der Waals surface area contributed by atoms with Crippen molar-refractivity contribution in [1.82, 2.24) is 0 Å². The average Bonchev–Trinajstić information content (AvgIpc) is 2.30. The zero-order chi connectivity index (χ0) is 14.0. The van der Waals surface area contributed by atoms with E-state index >= 15 is 0 Å². The minimum absolute atomic E-state index is 0.109. The first-order valence-electron chi connectivity index (χ1n) is 6.52. The molecule has 0 saturated heterocycles.